The number of benzene rings is 1. The Morgan fingerprint density at radius 3 is 3.06 bits per heavy atom. The molecule has 1 aromatic heterocycles. The number of ether oxygens (including phenoxy) is 1. The van der Waals surface area contributed by atoms with Crippen molar-refractivity contribution >= 4 is 17.1 Å². The van der Waals surface area contributed by atoms with E-state index in [2.05, 4.69) is 17.2 Å². The lowest BCUT2D eigenvalue weighted by Gasteiger charge is -2.17. The number of fused-ring (bicyclic) bond motifs is 1. The first-order valence-corrected chi connectivity index (χ1v) is 6.03. The molecule has 0 saturated carbocycles. The van der Waals surface area contributed by atoms with Gasteiger partial charge < -0.3 is 14.5 Å². The van der Waals surface area contributed by atoms with E-state index in [1.165, 1.54) is 0 Å². The van der Waals surface area contributed by atoms with E-state index in [-0.39, 0.29) is 0 Å². The minimum Gasteiger partial charge on any atom is -0.424 e. The zero-order valence-corrected chi connectivity index (χ0v) is 9.85. The second-order valence-electron chi connectivity index (χ2n) is 4.54. The molecule has 2 atom stereocenters. The monoisotopic (exact) mass is 232 g/mol. The number of para-hydroxylation sites is 2. The molecule has 4 heteroatoms. The second-order valence-corrected chi connectivity index (χ2v) is 4.54. The van der Waals surface area contributed by atoms with E-state index in [1.54, 1.807) is 0 Å². The number of anilines is 1. The minimum absolute atomic E-state index is 0.325. The Hall–Kier alpha value is -1.55. The quantitative estimate of drug-likeness (QED) is 0.883. The van der Waals surface area contributed by atoms with Gasteiger partial charge in [-0.25, -0.2) is 0 Å². The molecule has 17 heavy (non-hydrogen) atoms. The van der Waals surface area contributed by atoms with E-state index in [9.17, 15) is 0 Å². The van der Waals surface area contributed by atoms with Crippen LogP contribution in [0.5, 0.6) is 0 Å². The van der Waals surface area contributed by atoms with Crippen molar-refractivity contribution in [2.45, 2.75) is 19.4 Å². The molecular formula is C13H16N2O2. The van der Waals surface area contributed by atoms with Crippen LogP contribution in [0, 0.1) is 5.92 Å². The van der Waals surface area contributed by atoms with Crippen molar-refractivity contribution in [3.63, 3.8) is 0 Å². The van der Waals surface area contributed by atoms with Gasteiger partial charge in [0.05, 0.1) is 6.61 Å². The SMILES string of the molecule is CC(Nc1nc2ccccc2o1)C1CCOC1. The largest absolute Gasteiger partial charge is 0.424 e. The van der Waals surface area contributed by atoms with Gasteiger partial charge in [-0.15, -0.1) is 0 Å². The average molecular weight is 232 g/mol. The Bertz CT molecular complexity index is 470. The highest BCUT2D eigenvalue weighted by Gasteiger charge is 2.23. The van der Waals surface area contributed by atoms with Gasteiger partial charge in [-0.05, 0) is 25.5 Å². The molecule has 1 aromatic carbocycles. The first-order valence-electron chi connectivity index (χ1n) is 6.03. The highest BCUT2D eigenvalue weighted by atomic mass is 16.5. The van der Waals surface area contributed by atoms with Crippen molar-refractivity contribution in [3.05, 3.63) is 24.3 Å². The van der Waals surface area contributed by atoms with Gasteiger partial charge in [0.1, 0.15) is 5.52 Å². The Morgan fingerprint density at radius 1 is 1.41 bits per heavy atom. The molecule has 1 N–H and O–H groups in total. The van der Waals surface area contributed by atoms with Gasteiger partial charge in [0.25, 0.3) is 6.01 Å². The number of oxazole rings is 1. The van der Waals surface area contributed by atoms with Gasteiger partial charge in [-0.1, -0.05) is 12.1 Å². The molecule has 0 spiro atoms. The summed E-state index contributed by atoms with van der Waals surface area (Å²) in [6.45, 7) is 3.84. The van der Waals surface area contributed by atoms with Crippen molar-refractivity contribution in [1.29, 1.82) is 0 Å². The summed E-state index contributed by atoms with van der Waals surface area (Å²) in [7, 11) is 0. The molecular weight excluding hydrogens is 216 g/mol. The molecule has 3 rings (SSSR count). The number of hydrogen-bond donors (Lipinski definition) is 1. The summed E-state index contributed by atoms with van der Waals surface area (Å²) in [6, 6.07) is 8.72. The van der Waals surface area contributed by atoms with Crippen LogP contribution in [0.2, 0.25) is 0 Å². The number of nitrogens with one attached hydrogen (secondary N) is 1. The van der Waals surface area contributed by atoms with Gasteiger partial charge in [0, 0.05) is 18.6 Å². The predicted molar refractivity (Wildman–Crippen MR) is 66.0 cm³/mol. The molecule has 2 heterocycles. The third-order valence-corrected chi connectivity index (χ3v) is 3.32. The van der Waals surface area contributed by atoms with E-state index in [1.807, 2.05) is 24.3 Å². The van der Waals surface area contributed by atoms with Gasteiger partial charge in [-0.2, -0.15) is 4.98 Å². The zero-order chi connectivity index (χ0) is 11.7. The van der Waals surface area contributed by atoms with Crippen LogP contribution in [0.3, 0.4) is 0 Å². The fraction of sp³-hybridized carbons (Fsp3) is 0.462. The second kappa shape index (κ2) is 4.37. The Kier molecular flexibility index (Phi) is 2.73. The van der Waals surface area contributed by atoms with E-state index in [4.69, 9.17) is 9.15 Å². The zero-order valence-electron chi connectivity index (χ0n) is 9.85. The van der Waals surface area contributed by atoms with E-state index < -0.39 is 0 Å². The van der Waals surface area contributed by atoms with Crippen molar-refractivity contribution in [2.24, 2.45) is 5.92 Å². The number of aromatic nitrogens is 1. The summed E-state index contributed by atoms with van der Waals surface area (Å²) in [5.41, 5.74) is 1.72. The molecule has 2 unspecified atom stereocenters. The van der Waals surface area contributed by atoms with Crippen molar-refractivity contribution in [1.82, 2.24) is 4.98 Å². The Morgan fingerprint density at radius 2 is 2.29 bits per heavy atom. The normalized spacial score (nSPS) is 21.8. The van der Waals surface area contributed by atoms with Crippen LogP contribution in [0.15, 0.2) is 28.7 Å². The van der Waals surface area contributed by atoms with Gasteiger partial charge in [0.2, 0.25) is 0 Å². The topological polar surface area (TPSA) is 47.3 Å². The molecule has 0 amide bonds. The van der Waals surface area contributed by atoms with Crippen molar-refractivity contribution < 1.29 is 9.15 Å². The fourth-order valence-corrected chi connectivity index (χ4v) is 2.19. The van der Waals surface area contributed by atoms with Crippen LogP contribution >= 0.6 is 0 Å². The summed E-state index contributed by atoms with van der Waals surface area (Å²) >= 11 is 0. The minimum atomic E-state index is 0.325. The lowest BCUT2D eigenvalue weighted by Crippen LogP contribution is -2.26. The molecule has 0 radical (unpaired) electrons. The number of nitrogens with zero attached hydrogens (tertiary/aromatic N) is 1. The summed E-state index contributed by atoms with van der Waals surface area (Å²) in [4.78, 5) is 4.41. The van der Waals surface area contributed by atoms with Crippen LogP contribution in [-0.4, -0.2) is 24.2 Å². The highest BCUT2D eigenvalue weighted by Crippen LogP contribution is 2.22. The first kappa shape index (κ1) is 10.6. The molecule has 90 valence electrons. The predicted octanol–water partition coefficient (Wildman–Crippen LogP) is 2.66. The molecule has 1 aliphatic rings. The van der Waals surface area contributed by atoms with Crippen LogP contribution in [-0.2, 0) is 4.74 Å². The smallest absolute Gasteiger partial charge is 0.295 e. The first-order chi connectivity index (χ1) is 8.33. The third-order valence-electron chi connectivity index (χ3n) is 3.32. The Labute approximate surface area is 100.0 Å². The van der Waals surface area contributed by atoms with Crippen LogP contribution < -0.4 is 5.32 Å². The molecule has 1 fully saturated rings. The van der Waals surface area contributed by atoms with Crippen molar-refractivity contribution in [2.75, 3.05) is 18.5 Å². The maximum Gasteiger partial charge on any atom is 0.295 e. The summed E-state index contributed by atoms with van der Waals surface area (Å²) in [5, 5.41) is 3.32. The van der Waals surface area contributed by atoms with Crippen molar-refractivity contribution in [3.8, 4) is 0 Å². The maximum absolute atomic E-state index is 5.64. The van der Waals surface area contributed by atoms with E-state index >= 15 is 0 Å². The molecule has 0 bridgehead atoms. The maximum atomic E-state index is 5.64. The van der Waals surface area contributed by atoms with Crippen LogP contribution in [0.1, 0.15) is 13.3 Å². The summed E-state index contributed by atoms with van der Waals surface area (Å²) in [6.07, 6.45) is 1.11. The highest BCUT2D eigenvalue weighted by molar-refractivity contribution is 5.74. The number of rotatable bonds is 3. The molecule has 4 nitrogen and oxygen atoms in total. The molecule has 1 saturated heterocycles. The van der Waals surface area contributed by atoms with E-state index in [0.29, 0.717) is 18.0 Å². The third kappa shape index (κ3) is 2.13. The average Bonchev–Trinajstić information content (AvgIpc) is 2.97. The van der Waals surface area contributed by atoms with Gasteiger partial charge >= 0.3 is 0 Å². The van der Waals surface area contributed by atoms with E-state index in [0.717, 1.165) is 30.7 Å². The van der Waals surface area contributed by atoms with Crippen LogP contribution in [0.25, 0.3) is 11.1 Å². The lowest BCUT2D eigenvalue weighted by molar-refractivity contribution is 0.183. The fourth-order valence-electron chi connectivity index (χ4n) is 2.19. The Balaban J connectivity index is 1.75. The lowest BCUT2D eigenvalue weighted by atomic mass is 10.0. The van der Waals surface area contributed by atoms with Crippen LogP contribution in [0.4, 0.5) is 6.01 Å². The summed E-state index contributed by atoms with van der Waals surface area (Å²) in [5.74, 6) is 0.546. The van der Waals surface area contributed by atoms with Gasteiger partial charge in [-0.3, -0.25) is 0 Å². The summed E-state index contributed by atoms with van der Waals surface area (Å²) < 4.78 is 11.0. The molecule has 1 aliphatic heterocycles. The standard InChI is InChI=1S/C13H16N2O2/c1-9(10-6-7-16-8-10)14-13-15-11-4-2-3-5-12(11)17-13/h2-5,9-10H,6-8H2,1H3,(H,14,15). The molecule has 0 aliphatic carbocycles. The molecule has 2 aromatic rings. The number of hydrogen-bond acceptors (Lipinski definition) is 4. The van der Waals surface area contributed by atoms with Gasteiger partial charge in [0.15, 0.2) is 5.58 Å².